The molecule has 0 aliphatic carbocycles. The second kappa shape index (κ2) is 6.88. The van der Waals surface area contributed by atoms with Crippen LogP contribution in [0.3, 0.4) is 0 Å². The normalized spacial score (nSPS) is 16.7. The predicted molar refractivity (Wildman–Crippen MR) is 90.5 cm³/mol. The molecular weight excluding hydrogens is 328 g/mol. The van der Waals surface area contributed by atoms with Crippen LogP contribution in [0.4, 0.5) is 25.0 Å². The number of benzene rings is 2. The van der Waals surface area contributed by atoms with Crippen molar-refractivity contribution in [2.75, 3.05) is 16.8 Å². The van der Waals surface area contributed by atoms with E-state index in [0.717, 1.165) is 12.1 Å². The first kappa shape index (κ1) is 16.9. The minimum Gasteiger partial charge on any atom is -0.336 e. The number of hydrogen-bond donors (Lipinski definition) is 2. The van der Waals surface area contributed by atoms with Gasteiger partial charge in [0.15, 0.2) is 0 Å². The van der Waals surface area contributed by atoms with Crippen molar-refractivity contribution < 1.29 is 18.4 Å². The summed E-state index contributed by atoms with van der Waals surface area (Å²) in [4.78, 5) is 25.6. The number of halogens is 2. The molecule has 2 aromatic carbocycles. The van der Waals surface area contributed by atoms with Gasteiger partial charge in [-0.15, -0.1) is 0 Å². The lowest BCUT2D eigenvalue weighted by Gasteiger charge is -2.20. The van der Waals surface area contributed by atoms with E-state index in [2.05, 4.69) is 10.6 Å². The van der Waals surface area contributed by atoms with Crippen LogP contribution in [0.5, 0.6) is 0 Å². The Balaban J connectivity index is 1.74. The number of rotatable bonds is 4. The number of nitrogens with one attached hydrogen (secondary N) is 2. The summed E-state index contributed by atoms with van der Waals surface area (Å²) in [5.74, 6) is -2.06. The van der Waals surface area contributed by atoms with Crippen molar-refractivity contribution in [1.29, 1.82) is 0 Å². The van der Waals surface area contributed by atoms with Gasteiger partial charge in [-0.25, -0.2) is 13.6 Å². The van der Waals surface area contributed by atoms with Gasteiger partial charge in [-0.2, -0.15) is 0 Å². The largest absolute Gasteiger partial charge is 0.336 e. The van der Waals surface area contributed by atoms with E-state index in [1.54, 1.807) is 29.2 Å². The molecule has 1 aliphatic heterocycles. The SMILES string of the molecule is C[C@H]1CNC(=O)N1c1cccc(NC(=O)Cc2c(F)cccc2F)c1. The first-order chi connectivity index (χ1) is 12.0. The molecule has 1 atom stereocenters. The molecule has 3 rings (SSSR count). The van der Waals surface area contributed by atoms with Gasteiger partial charge in [0.1, 0.15) is 11.6 Å². The maximum Gasteiger partial charge on any atom is 0.322 e. The summed E-state index contributed by atoms with van der Waals surface area (Å²) < 4.78 is 27.3. The summed E-state index contributed by atoms with van der Waals surface area (Å²) in [6.45, 7) is 2.45. The predicted octanol–water partition coefficient (Wildman–Crippen LogP) is 3.06. The van der Waals surface area contributed by atoms with E-state index in [4.69, 9.17) is 0 Å². The van der Waals surface area contributed by atoms with E-state index in [1.165, 1.54) is 6.07 Å². The van der Waals surface area contributed by atoms with Gasteiger partial charge in [0, 0.05) is 23.5 Å². The topological polar surface area (TPSA) is 61.4 Å². The molecule has 1 saturated heterocycles. The molecule has 3 amide bonds. The van der Waals surface area contributed by atoms with Crippen LogP contribution < -0.4 is 15.5 Å². The first-order valence-electron chi connectivity index (χ1n) is 7.85. The van der Waals surface area contributed by atoms with Crippen molar-refractivity contribution in [2.45, 2.75) is 19.4 Å². The van der Waals surface area contributed by atoms with Crippen LogP contribution in [0.1, 0.15) is 12.5 Å². The second-order valence-corrected chi connectivity index (χ2v) is 5.88. The van der Waals surface area contributed by atoms with Gasteiger partial charge >= 0.3 is 6.03 Å². The molecule has 0 spiro atoms. The van der Waals surface area contributed by atoms with Crippen LogP contribution in [0.15, 0.2) is 42.5 Å². The fraction of sp³-hybridized carbons (Fsp3) is 0.222. The van der Waals surface area contributed by atoms with E-state index in [1.807, 2.05) is 6.92 Å². The van der Waals surface area contributed by atoms with E-state index >= 15 is 0 Å². The Morgan fingerprint density at radius 1 is 1.24 bits per heavy atom. The molecule has 0 radical (unpaired) electrons. The fourth-order valence-electron chi connectivity index (χ4n) is 2.78. The average Bonchev–Trinajstić information content (AvgIpc) is 2.90. The molecule has 130 valence electrons. The summed E-state index contributed by atoms with van der Waals surface area (Å²) in [7, 11) is 0. The molecule has 25 heavy (non-hydrogen) atoms. The lowest BCUT2D eigenvalue weighted by molar-refractivity contribution is -0.115. The van der Waals surface area contributed by atoms with Crippen LogP contribution in [0.2, 0.25) is 0 Å². The lowest BCUT2D eigenvalue weighted by Crippen LogP contribution is -2.32. The van der Waals surface area contributed by atoms with Gasteiger partial charge in [0.25, 0.3) is 0 Å². The Morgan fingerprint density at radius 3 is 2.56 bits per heavy atom. The summed E-state index contributed by atoms with van der Waals surface area (Å²) in [6, 6.07) is 10.0. The van der Waals surface area contributed by atoms with Crippen LogP contribution in [-0.2, 0) is 11.2 Å². The van der Waals surface area contributed by atoms with E-state index in [0.29, 0.717) is 17.9 Å². The Morgan fingerprint density at radius 2 is 1.92 bits per heavy atom. The van der Waals surface area contributed by atoms with Gasteiger partial charge < -0.3 is 10.6 Å². The molecule has 1 heterocycles. The highest BCUT2D eigenvalue weighted by Crippen LogP contribution is 2.24. The molecule has 7 heteroatoms. The third-order valence-corrected chi connectivity index (χ3v) is 4.02. The molecule has 0 unspecified atom stereocenters. The van der Waals surface area contributed by atoms with Gasteiger partial charge in [0.2, 0.25) is 5.91 Å². The maximum atomic E-state index is 13.6. The molecule has 2 N–H and O–H groups in total. The number of anilines is 2. The summed E-state index contributed by atoms with van der Waals surface area (Å²) in [5, 5.41) is 5.35. The second-order valence-electron chi connectivity index (χ2n) is 5.88. The number of hydrogen-bond acceptors (Lipinski definition) is 2. The summed E-state index contributed by atoms with van der Waals surface area (Å²) >= 11 is 0. The third kappa shape index (κ3) is 3.60. The van der Waals surface area contributed by atoms with Gasteiger partial charge in [-0.05, 0) is 37.3 Å². The number of amides is 3. The zero-order chi connectivity index (χ0) is 18.0. The maximum absolute atomic E-state index is 13.6. The van der Waals surface area contributed by atoms with Crippen molar-refractivity contribution in [1.82, 2.24) is 5.32 Å². The standard InChI is InChI=1S/C18H17F2N3O2/c1-11-10-21-18(25)23(11)13-5-2-4-12(8-13)22-17(24)9-14-15(19)6-3-7-16(14)20/h2-8,11H,9-10H2,1H3,(H,21,25)(H,22,24)/t11-/m0/s1. The van der Waals surface area contributed by atoms with Gasteiger partial charge in [-0.3, -0.25) is 9.69 Å². The molecule has 1 fully saturated rings. The summed E-state index contributed by atoms with van der Waals surface area (Å²) in [6.07, 6.45) is -0.413. The smallest absolute Gasteiger partial charge is 0.322 e. The first-order valence-corrected chi connectivity index (χ1v) is 7.85. The van der Waals surface area contributed by atoms with Crippen molar-refractivity contribution in [3.05, 3.63) is 59.7 Å². The Labute approximate surface area is 143 Å². The van der Waals surface area contributed by atoms with Crippen LogP contribution in [0, 0.1) is 11.6 Å². The molecule has 2 aromatic rings. The van der Waals surface area contributed by atoms with Crippen LogP contribution in [0.25, 0.3) is 0 Å². The monoisotopic (exact) mass is 345 g/mol. The van der Waals surface area contributed by atoms with Crippen molar-refractivity contribution in [3.63, 3.8) is 0 Å². The number of carbonyl (C=O) groups is 2. The van der Waals surface area contributed by atoms with E-state index in [-0.39, 0.29) is 17.6 Å². The van der Waals surface area contributed by atoms with Crippen molar-refractivity contribution in [2.24, 2.45) is 0 Å². The minimum atomic E-state index is -0.758. The molecular formula is C18H17F2N3O2. The molecule has 0 aromatic heterocycles. The Hall–Kier alpha value is -2.96. The fourth-order valence-corrected chi connectivity index (χ4v) is 2.78. The molecule has 0 bridgehead atoms. The Bertz CT molecular complexity index is 805. The number of carbonyl (C=O) groups excluding carboxylic acids is 2. The molecule has 1 aliphatic rings. The van der Waals surface area contributed by atoms with Crippen LogP contribution in [-0.4, -0.2) is 24.5 Å². The zero-order valence-electron chi connectivity index (χ0n) is 13.6. The van der Waals surface area contributed by atoms with Gasteiger partial charge in [0.05, 0.1) is 12.5 Å². The average molecular weight is 345 g/mol. The number of nitrogens with zero attached hydrogens (tertiary/aromatic N) is 1. The highest BCUT2D eigenvalue weighted by molar-refractivity contribution is 5.97. The Kier molecular flexibility index (Phi) is 4.65. The lowest BCUT2D eigenvalue weighted by atomic mass is 10.1. The highest BCUT2D eigenvalue weighted by Gasteiger charge is 2.28. The quantitative estimate of drug-likeness (QED) is 0.895. The van der Waals surface area contributed by atoms with Gasteiger partial charge in [-0.1, -0.05) is 12.1 Å². The zero-order valence-corrected chi connectivity index (χ0v) is 13.6. The van der Waals surface area contributed by atoms with Crippen LogP contribution >= 0.6 is 0 Å². The van der Waals surface area contributed by atoms with E-state index in [9.17, 15) is 18.4 Å². The highest BCUT2D eigenvalue weighted by atomic mass is 19.1. The minimum absolute atomic E-state index is 0.00837. The van der Waals surface area contributed by atoms with Crippen molar-refractivity contribution >= 4 is 23.3 Å². The molecule has 0 saturated carbocycles. The summed E-state index contributed by atoms with van der Waals surface area (Å²) in [5.41, 5.74) is 0.812. The third-order valence-electron chi connectivity index (χ3n) is 4.02. The molecule has 5 nitrogen and oxygen atoms in total. The van der Waals surface area contributed by atoms with E-state index < -0.39 is 24.0 Å². The number of urea groups is 1. The van der Waals surface area contributed by atoms with Crippen molar-refractivity contribution in [3.8, 4) is 0 Å².